The maximum Gasteiger partial charge on any atom is 0.347 e. The lowest BCUT2D eigenvalue weighted by molar-refractivity contribution is -0.152. The number of rotatable bonds is 8. The molecule has 0 aliphatic heterocycles. The lowest BCUT2D eigenvalue weighted by atomic mass is 10.0. The van der Waals surface area contributed by atoms with Gasteiger partial charge in [0, 0.05) is 5.92 Å². The number of ether oxygens (including phenoxy) is 2. The molecular formula is C21H31N3O3. The molecule has 0 N–H and O–H groups in total. The molecule has 1 heterocycles. The summed E-state index contributed by atoms with van der Waals surface area (Å²) in [6.07, 6.45) is -0.761. The third-order valence-corrected chi connectivity index (χ3v) is 4.11. The Hall–Kier alpha value is -2.37. The molecule has 0 spiro atoms. The van der Waals surface area contributed by atoms with Gasteiger partial charge in [0.15, 0.2) is 6.10 Å². The number of esters is 1. The molecule has 6 heteroatoms. The molecule has 0 aliphatic carbocycles. The minimum Gasteiger partial charge on any atom is -0.463 e. The van der Waals surface area contributed by atoms with E-state index in [9.17, 15) is 4.79 Å². The molecule has 0 bridgehead atoms. The van der Waals surface area contributed by atoms with E-state index in [1.165, 1.54) is 5.56 Å². The number of hydrogen-bond donors (Lipinski definition) is 0. The summed E-state index contributed by atoms with van der Waals surface area (Å²) in [5, 5.41) is 4.47. The Balaban J connectivity index is 2.20. The second-order valence-electron chi connectivity index (χ2n) is 7.85. The highest BCUT2D eigenvalue weighted by atomic mass is 16.6. The summed E-state index contributed by atoms with van der Waals surface area (Å²) in [7, 11) is 0. The smallest absolute Gasteiger partial charge is 0.347 e. The molecule has 0 radical (unpaired) electrons. The molecule has 0 amide bonds. The van der Waals surface area contributed by atoms with Crippen molar-refractivity contribution in [1.82, 2.24) is 14.8 Å². The fraction of sp³-hybridized carbons (Fsp3) is 0.571. The largest absolute Gasteiger partial charge is 0.463 e. The van der Waals surface area contributed by atoms with Crippen LogP contribution in [0.4, 0.5) is 0 Å². The van der Waals surface area contributed by atoms with Crippen LogP contribution in [0.25, 0.3) is 5.69 Å². The van der Waals surface area contributed by atoms with Gasteiger partial charge in [-0.05, 0) is 36.5 Å². The van der Waals surface area contributed by atoms with E-state index in [-0.39, 0.29) is 17.8 Å². The average molecular weight is 373 g/mol. The summed E-state index contributed by atoms with van der Waals surface area (Å²) < 4.78 is 12.6. The Morgan fingerprint density at radius 3 is 2.15 bits per heavy atom. The van der Waals surface area contributed by atoms with Crippen LogP contribution in [0.15, 0.2) is 24.3 Å². The standard InChI is InChI=1S/C21H31N3O3/c1-13(2)12-26-20(25)16(7)27-21-22-19(15(5)6)24(23-21)18-10-8-17(9-11-18)14(3)4/h8-11,13-16H,12H2,1-7H3. The summed E-state index contributed by atoms with van der Waals surface area (Å²) in [6.45, 7) is 14.4. The molecule has 0 saturated carbocycles. The molecule has 1 aromatic heterocycles. The Kier molecular flexibility index (Phi) is 6.99. The van der Waals surface area contributed by atoms with Crippen LogP contribution in [0.1, 0.15) is 71.7 Å². The first-order valence-electron chi connectivity index (χ1n) is 9.59. The van der Waals surface area contributed by atoms with Crippen molar-refractivity contribution in [1.29, 1.82) is 0 Å². The number of aromatic nitrogens is 3. The molecule has 6 nitrogen and oxygen atoms in total. The quantitative estimate of drug-likeness (QED) is 0.638. The van der Waals surface area contributed by atoms with E-state index in [0.29, 0.717) is 12.5 Å². The van der Waals surface area contributed by atoms with E-state index in [2.05, 4.69) is 36.1 Å². The minimum atomic E-state index is -0.761. The third kappa shape index (κ3) is 5.55. The Morgan fingerprint density at radius 2 is 1.63 bits per heavy atom. The van der Waals surface area contributed by atoms with Crippen molar-refractivity contribution in [3.05, 3.63) is 35.7 Å². The van der Waals surface area contributed by atoms with Crippen LogP contribution in [0.3, 0.4) is 0 Å². The number of benzene rings is 1. The highest BCUT2D eigenvalue weighted by Crippen LogP contribution is 2.22. The van der Waals surface area contributed by atoms with Gasteiger partial charge in [0.05, 0.1) is 12.3 Å². The zero-order valence-electron chi connectivity index (χ0n) is 17.4. The normalized spacial score (nSPS) is 12.7. The fourth-order valence-corrected chi connectivity index (χ4v) is 2.49. The lowest BCUT2D eigenvalue weighted by Gasteiger charge is -2.12. The monoisotopic (exact) mass is 373 g/mol. The predicted molar refractivity (Wildman–Crippen MR) is 105 cm³/mol. The van der Waals surface area contributed by atoms with Crippen molar-refractivity contribution in [2.45, 2.75) is 66.4 Å². The fourth-order valence-electron chi connectivity index (χ4n) is 2.49. The van der Waals surface area contributed by atoms with Crippen LogP contribution in [-0.4, -0.2) is 33.4 Å². The molecule has 148 valence electrons. The van der Waals surface area contributed by atoms with Crippen LogP contribution in [0.5, 0.6) is 6.01 Å². The highest BCUT2D eigenvalue weighted by Gasteiger charge is 2.22. The Morgan fingerprint density at radius 1 is 1.00 bits per heavy atom. The van der Waals surface area contributed by atoms with Gasteiger partial charge >= 0.3 is 12.0 Å². The maximum atomic E-state index is 12.0. The van der Waals surface area contributed by atoms with Crippen molar-refractivity contribution in [3.63, 3.8) is 0 Å². The van der Waals surface area contributed by atoms with Gasteiger partial charge in [0.1, 0.15) is 5.82 Å². The predicted octanol–water partition coefficient (Wildman–Crippen LogP) is 4.48. The van der Waals surface area contributed by atoms with Gasteiger partial charge in [-0.2, -0.15) is 4.98 Å². The number of carbonyl (C=O) groups is 1. The maximum absolute atomic E-state index is 12.0. The zero-order chi connectivity index (χ0) is 20.1. The second-order valence-corrected chi connectivity index (χ2v) is 7.85. The average Bonchev–Trinajstić information content (AvgIpc) is 3.03. The van der Waals surface area contributed by atoms with Gasteiger partial charge in [-0.25, -0.2) is 9.48 Å². The van der Waals surface area contributed by atoms with Crippen molar-refractivity contribution in [2.24, 2.45) is 5.92 Å². The molecule has 0 aliphatic rings. The van der Waals surface area contributed by atoms with Gasteiger partial charge in [0.2, 0.25) is 0 Å². The number of hydrogen-bond acceptors (Lipinski definition) is 5. The Labute approximate surface area is 161 Å². The molecule has 27 heavy (non-hydrogen) atoms. The summed E-state index contributed by atoms with van der Waals surface area (Å²) in [5.41, 5.74) is 2.18. The molecule has 0 saturated heterocycles. The van der Waals surface area contributed by atoms with E-state index in [1.54, 1.807) is 11.6 Å². The topological polar surface area (TPSA) is 66.2 Å². The van der Waals surface area contributed by atoms with Crippen LogP contribution in [0, 0.1) is 5.92 Å². The molecule has 1 atom stereocenters. The summed E-state index contributed by atoms with van der Waals surface area (Å²) in [5.74, 6) is 1.27. The zero-order valence-corrected chi connectivity index (χ0v) is 17.4. The summed E-state index contributed by atoms with van der Waals surface area (Å²) >= 11 is 0. The summed E-state index contributed by atoms with van der Waals surface area (Å²) in [6, 6.07) is 8.43. The van der Waals surface area contributed by atoms with Crippen molar-refractivity contribution < 1.29 is 14.3 Å². The van der Waals surface area contributed by atoms with Crippen LogP contribution in [0.2, 0.25) is 0 Å². The van der Waals surface area contributed by atoms with Crippen LogP contribution in [-0.2, 0) is 9.53 Å². The first-order chi connectivity index (χ1) is 12.7. The van der Waals surface area contributed by atoms with E-state index < -0.39 is 12.1 Å². The van der Waals surface area contributed by atoms with Crippen LogP contribution < -0.4 is 4.74 Å². The minimum absolute atomic E-state index is 0.155. The van der Waals surface area contributed by atoms with Gasteiger partial charge in [-0.1, -0.05) is 53.7 Å². The molecule has 0 fully saturated rings. The highest BCUT2D eigenvalue weighted by molar-refractivity contribution is 5.74. The molecule has 1 unspecified atom stereocenters. The Bertz CT molecular complexity index is 749. The van der Waals surface area contributed by atoms with E-state index in [0.717, 1.165) is 11.5 Å². The van der Waals surface area contributed by atoms with Gasteiger partial charge < -0.3 is 9.47 Å². The molecular weight excluding hydrogens is 342 g/mol. The van der Waals surface area contributed by atoms with Crippen LogP contribution >= 0.6 is 0 Å². The SMILES string of the molecule is CC(C)COC(=O)C(C)Oc1nc(C(C)C)n(-c2ccc(C(C)C)cc2)n1. The van der Waals surface area contributed by atoms with Crippen molar-refractivity contribution in [2.75, 3.05) is 6.61 Å². The van der Waals surface area contributed by atoms with Gasteiger partial charge in [0.25, 0.3) is 0 Å². The van der Waals surface area contributed by atoms with Crippen molar-refractivity contribution >= 4 is 5.97 Å². The second kappa shape index (κ2) is 9.02. The lowest BCUT2D eigenvalue weighted by Crippen LogP contribution is -2.27. The first-order valence-corrected chi connectivity index (χ1v) is 9.59. The molecule has 2 aromatic rings. The molecule has 1 aromatic carbocycles. The van der Waals surface area contributed by atoms with E-state index in [1.807, 2.05) is 39.8 Å². The summed E-state index contributed by atoms with van der Waals surface area (Å²) in [4.78, 5) is 16.5. The van der Waals surface area contributed by atoms with Crippen molar-refractivity contribution in [3.8, 4) is 11.7 Å². The number of nitrogens with zero attached hydrogens (tertiary/aromatic N) is 3. The number of carbonyl (C=O) groups excluding carboxylic acids is 1. The third-order valence-electron chi connectivity index (χ3n) is 4.11. The molecule has 2 rings (SSSR count). The van der Waals surface area contributed by atoms with Gasteiger partial charge in [-0.15, -0.1) is 5.10 Å². The first kappa shape index (κ1) is 20.9. The van der Waals surface area contributed by atoms with E-state index >= 15 is 0 Å². The van der Waals surface area contributed by atoms with E-state index in [4.69, 9.17) is 9.47 Å². The van der Waals surface area contributed by atoms with Gasteiger partial charge in [-0.3, -0.25) is 0 Å².